The lowest BCUT2D eigenvalue weighted by Crippen LogP contribution is -2.11. The molecular weight excluding hydrogens is 709 g/mol. The van der Waals surface area contributed by atoms with Gasteiger partial charge in [-0.05, 0) is 72.3 Å². The van der Waals surface area contributed by atoms with E-state index in [9.17, 15) is 0 Å². The Bertz CT molecular complexity index is 3480. The number of fused-ring (bicyclic) bond motifs is 9. The van der Waals surface area contributed by atoms with Crippen LogP contribution in [-0.2, 0) is 0 Å². The van der Waals surface area contributed by atoms with Crippen LogP contribution in [0.1, 0.15) is 0 Å². The predicted molar refractivity (Wildman–Crippen MR) is 241 cm³/mol. The zero-order valence-electron chi connectivity index (χ0n) is 31.3. The van der Waals surface area contributed by atoms with E-state index in [1.165, 1.54) is 21.8 Å². The highest BCUT2D eigenvalue weighted by Crippen LogP contribution is 2.47. The molecule has 4 heteroatoms. The van der Waals surface area contributed by atoms with Gasteiger partial charge in [0, 0.05) is 66.1 Å². The van der Waals surface area contributed by atoms with Gasteiger partial charge in [0.25, 0.3) is 0 Å². The fourth-order valence-electron chi connectivity index (χ4n) is 9.03. The van der Waals surface area contributed by atoms with Crippen LogP contribution in [0.15, 0.2) is 215 Å². The molecule has 58 heavy (non-hydrogen) atoms. The molecule has 0 atom stereocenters. The van der Waals surface area contributed by atoms with Crippen molar-refractivity contribution in [3.05, 3.63) is 206 Å². The topological polar surface area (TPSA) is 34.5 Å². The van der Waals surface area contributed by atoms with Crippen molar-refractivity contribution in [3.63, 3.8) is 0 Å². The Labute approximate surface area is 334 Å². The number of aromatic nitrogens is 1. The normalized spacial score (nSPS) is 11.8. The highest BCUT2D eigenvalue weighted by molar-refractivity contribution is 6.14. The number of rotatable bonds is 6. The van der Waals surface area contributed by atoms with Crippen LogP contribution in [0.2, 0.25) is 0 Å². The molecule has 0 bridgehead atoms. The second-order valence-electron chi connectivity index (χ2n) is 14.9. The summed E-state index contributed by atoms with van der Waals surface area (Å²) in [5.74, 6) is 0. The van der Waals surface area contributed by atoms with Gasteiger partial charge in [-0.1, -0.05) is 140 Å². The van der Waals surface area contributed by atoms with Crippen LogP contribution < -0.4 is 4.90 Å². The number of hydrogen-bond acceptors (Lipinski definition) is 3. The van der Waals surface area contributed by atoms with E-state index in [1.807, 2.05) is 18.2 Å². The van der Waals surface area contributed by atoms with Gasteiger partial charge in [-0.2, -0.15) is 0 Å². The number of para-hydroxylation sites is 7. The zero-order chi connectivity index (χ0) is 38.2. The molecule has 0 saturated carbocycles. The van der Waals surface area contributed by atoms with Crippen molar-refractivity contribution in [2.24, 2.45) is 0 Å². The van der Waals surface area contributed by atoms with E-state index in [-0.39, 0.29) is 0 Å². The molecule has 0 aliphatic carbocycles. The Balaban J connectivity index is 1.12. The summed E-state index contributed by atoms with van der Waals surface area (Å²) < 4.78 is 15.8. The third-order valence-corrected chi connectivity index (χ3v) is 11.6. The fraction of sp³-hybridized carbons (Fsp3) is 0. The molecule has 0 fully saturated rings. The predicted octanol–water partition coefficient (Wildman–Crippen LogP) is 15.4. The van der Waals surface area contributed by atoms with Crippen molar-refractivity contribution >= 4 is 82.7 Å². The van der Waals surface area contributed by atoms with E-state index in [1.54, 1.807) is 0 Å². The second kappa shape index (κ2) is 12.9. The van der Waals surface area contributed by atoms with Crippen molar-refractivity contribution in [3.8, 4) is 27.9 Å². The van der Waals surface area contributed by atoms with Gasteiger partial charge in [0.15, 0.2) is 0 Å². The first-order valence-corrected chi connectivity index (χ1v) is 19.7. The molecule has 0 N–H and O–H groups in total. The molecule has 0 saturated heterocycles. The molecule has 0 radical (unpaired) electrons. The molecule has 0 unspecified atom stereocenters. The summed E-state index contributed by atoms with van der Waals surface area (Å²) >= 11 is 0. The number of nitrogens with zero attached hydrogens (tertiary/aromatic N) is 2. The number of furan rings is 2. The van der Waals surface area contributed by atoms with E-state index >= 15 is 0 Å². The second-order valence-corrected chi connectivity index (χ2v) is 14.9. The number of hydrogen-bond donors (Lipinski definition) is 0. The van der Waals surface area contributed by atoms with Crippen molar-refractivity contribution in [2.75, 3.05) is 4.90 Å². The summed E-state index contributed by atoms with van der Waals surface area (Å²) in [6.07, 6.45) is 0. The molecule has 0 spiro atoms. The molecule has 3 heterocycles. The summed E-state index contributed by atoms with van der Waals surface area (Å²) in [5, 5.41) is 6.82. The summed E-state index contributed by atoms with van der Waals surface area (Å²) in [6.45, 7) is 0. The van der Waals surface area contributed by atoms with Gasteiger partial charge in [-0.15, -0.1) is 0 Å². The molecule has 272 valence electrons. The van der Waals surface area contributed by atoms with E-state index in [2.05, 4.69) is 198 Å². The van der Waals surface area contributed by atoms with Crippen LogP contribution in [0.3, 0.4) is 0 Å². The Hall–Kier alpha value is -7.82. The van der Waals surface area contributed by atoms with Gasteiger partial charge in [0.1, 0.15) is 22.3 Å². The molecule has 9 aromatic carbocycles. The van der Waals surface area contributed by atoms with Gasteiger partial charge in [-0.3, -0.25) is 0 Å². The maximum absolute atomic E-state index is 6.79. The minimum atomic E-state index is 0.859. The van der Waals surface area contributed by atoms with Crippen LogP contribution in [0.25, 0.3) is 93.6 Å². The van der Waals surface area contributed by atoms with Gasteiger partial charge < -0.3 is 18.3 Å². The Morgan fingerprint density at radius 1 is 0.345 bits per heavy atom. The van der Waals surface area contributed by atoms with Gasteiger partial charge in [0.05, 0.1) is 16.7 Å². The molecule has 0 aliphatic heterocycles. The lowest BCUT2D eigenvalue weighted by atomic mass is 9.97. The summed E-state index contributed by atoms with van der Waals surface area (Å²) in [4.78, 5) is 2.37. The van der Waals surface area contributed by atoms with Gasteiger partial charge >= 0.3 is 0 Å². The highest BCUT2D eigenvalue weighted by Gasteiger charge is 2.23. The third-order valence-electron chi connectivity index (χ3n) is 11.6. The maximum atomic E-state index is 6.79. The van der Waals surface area contributed by atoms with E-state index in [0.29, 0.717) is 0 Å². The maximum Gasteiger partial charge on any atom is 0.143 e. The molecule has 3 aromatic heterocycles. The summed E-state index contributed by atoms with van der Waals surface area (Å²) in [6, 6.07) is 73.1. The lowest BCUT2D eigenvalue weighted by molar-refractivity contribution is 0.669. The third kappa shape index (κ3) is 4.95. The fourth-order valence-corrected chi connectivity index (χ4v) is 9.03. The Kier molecular flexibility index (Phi) is 7.20. The van der Waals surface area contributed by atoms with E-state index < -0.39 is 0 Å². The first-order valence-electron chi connectivity index (χ1n) is 19.7. The Morgan fingerprint density at radius 2 is 0.897 bits per heavy atom. The average molecular weight is 743 g/mol. The van der Waals surface area contributed by atoms with Crippen molar-refractivity contribution in [2.45, 2.75) is 0 Å². The van der Waals surface area contributed by atoms with E-state index in [0.717, 1.165) is 88.9 Å². The van der Waals surface area contributed by atoms with Crippen LogP contribution >= 0.6 is 0 Å². The molecule has 12 rings (SSSR count). The summed E-state index contributed by atoms with van der Waals surface area (Å²) in [5.41, 5.74) is 14.2. The first kappa shape index (κ1) is 32.4. The minimum Gasteiger partial charge on any atom is -0.455 e. The SMILES string of the molecule is c1ccc(N(c2cc(-c3cccc(-n4c5ccccc5c5ccccc54)c3)c3oc4ccccc4c3c2)c2ccccc2-c2cccc3c2oc2ccccc23)cc1. The van der Waals surface area contributed by atoms with Crippen molar-refractivity contribution < 1.29 is 8.83 Å². The van der Waals surface area contributed by atoms with Crippen LogP contribution in [-0.4, -0.2) is 4.57 Å². The van der Waals surface area contributed by atoms with Crippen LogP contribution in [0.5, 0.6) is 0 Å². The molecule has 12 aromatic rings. The largest absolute Gasteiger partial charge is 0.455 e. The number of benzene rings is 9. The minimum absolute atomic E-state index is 0.859. The summed E-state index contributed by atoms with van der Waals surface area (Å²) in [7, 11) is 0. The zero-order valence-corrected chi connectivity index (χ0v) is 31.3. The van der Waals surface area contributed by atoms with Crippen LogP contribution in [0, 0.1) is 0 Å². The first-order chi connectivity index (χ1) is 28.8. The smallest absolute Gasteiger partial charge is 0.143 e. The van der Waals surface area contributed by atoms with Gasteiger partial charge in [-0.25, -0.2) is 0 Å². The van der Waals surface area contributed by atoms with Crippen molar-refractivity contribution in [1.29, 1.82) is 0 Å². The quantitative estimate of drug-likeness (QED) is 0.170. The van der Waals surface area contributed by atoms with Crippen molar-refractivity contribution in [1.82, 2.24) is 4.57 Å². The van der Waals surface area contributed by atoms with Crippen LogP contribution in [0.4, 0.5) is 17.1 Å². The molecule has 0 amide bonds. The molecular formula is C54H34N2O2. The number of anilines is 3. The molecule has 4 nitrogen and oxygen atoms in total. The standard InChI is InChI=1S/C54H34N2O2/c1-2-17-36(18-3-1)55(48-27-9-6-22-41(48)44-25-15-26-45-42-23-7-12-30-51(42)57-53(44)45)38-33-46(54-47(34-38)43-24-8-13-31-52(43)58-54)35-16-14-19-37(32-35)56-49-28-10-4-20-39(49)40-21-5-11-29-50(40)56/h1-34H. The van der Waals surface area contributed by atoms with Gasteiger partial charge in [0.2, 0.25) is 0 Å². The Morgan fingerprint density at radius 3 is 1.64 bits per heavy atom. The monoisotopic (exact) mass is 742 g/mol. The molecule has 0 aliphatic rings. The lowest BCUT2D eigenvalue weighted by Gasteiger charge is -2.28. The average Bonchev–Trinajstić information content (AvgIpc) is 3.97. The van der Waals surface area contributed by atoms with E-state index in [4.69, 9.17) is 8.83 Å². The highest BCUT2D eigenvalue weighted by atomic mass is 16.3.